The Morgan fingerprint density at radius 2 is 0.591 bits per heavy atom. The fourth-order valence-corrected chi connectivity index (χ4v) is 7.76. The summed E-state index contributed by atoms with van der Waals surface area (Å²) in [6.45, 7) is 6.49. The summed E-state index contributed by atoms with van der Waals surface area (Å²) in [7, 11) is 0. The molecule has 0 aliphatic heterocycles. The lowest BCUT2D eigenvalue weighted by Crippen LogP contribution is -2.30. The summed E-state index contributed by atoms with van der Waals surface area (Å²) < 4.78 is 16.8. The van der Waals surface area contributed by atoms with Crippen LogP contribution >= 0.6 is 0 Å². The zero-order valence-corrected chi connectivity index (χ0v) is 43.4. The topological polar surface area (TPSA) is 78.9 Å². The maximum absolute atomic E-state index is 12.8. The van der Waals surface area contributed by atoms with Crippen molar-refractivity contribution in [2.75, 3.05) is 13.2 Å². The van der Waals surface area contributed by atoms with Crippen molar-refractivity contribution in [1.82, 2.24) is 0 Å². The molecule has 380 valence electrons. The Hall–Kier alpha value is -3.15. The number of carbonyl (C=O) groups is 3. The van der Waals surface area contributed by atoms with E-state index in [9.17, 15) is 14.4 Å². The van der Waals surface area contributed by atoms with Crippen LogP contribution in [0, 0.1) is 0 Å². The fraction of sp³-hybridized carbons (Fsp3) is 0.750. The van der Waals surface area contributed by atoms with Gasteiger partial charge in [-0.2, -0.15) is 0 Å². The van der Waals surface area contributed by atoms with Crippen LogP contribution in [-0.2, 0) is 28.6 Å². The zero-order chi connectivity index (χ0) is 47.9. The first-order valence-electron chi connectivity index (χ1n) is 27.9. The highest BCUT2D eigenvalue weighted by Gasteiger charge is 2.19. The second kappa shape index (κ2) is 54.5. The third-order valence-corrected chi connectivity index (χ3v) is 11.9. The van der Waals surface area contributed by atoms with Crippen LogP contribution in [0.15, 0.2) is 72.9 Å². The molecule has 66 heavy (non-hydrogen) atoms. The Kier molecular flexibility index (Phi) is 51.9. The van der Waals surface area contributed by atoms with Crippen molar-refractivity contribution < 1.29 is 28.6 Å². The lowest BCUT2D eigenvalue weighted by Gasteiger charge is -2.18. The lowest BCUT2D eigenvalue weighted by molar-refractivity contribution is -0.167. The van der Waals surface area contributed by atoms with Crippen molar-refractivity contribution in [1.29, 1.82) is 0 Å². The molecule has 0 radical (unpaired) electrons. The summed E-state index contributed by atoms with van der Waals surface area (Å²) in [5, 5.41) is 0. The van der Waals surface area contributed by atoms with E-state index >= 15 is 0 Å². The molecule has 0 rings (SSSR count). The van der Waals surface area contributed by atoms with Gasteiger partial charge in [-0.1, -0.05) is 235 Å². The van der Waals surface area contributed by atoms with Crippen LogP contribution in [0.3, 0.4) is 0 Å². The van der Waals surface area contributed by atoms with Crippen LogP contribution in [0.4, 0.5) is 0 Å². The molecule has 0 saturated carbocycles. The lowest BCUT2D eigenvalue weighted by atomic mass is 10.0. The average molecular weight is 921 g/mol. The van der Waals surface area contributed by atoms with Crippen molar-refractivity contribution in [3.05, 3.63) is 72.9 Å². The monoisotopic (exact) mass is 921 g/mol. The quantitative estimate of drug-likeness (QED) is 0.0262. The second-order valence-electron chi connectivity index (χ2n) is 18.5. The Morgan fingerprint density at radius 1 is 0.318 bits per heavy atom. The highest BCUT2D eigenvalue weighted by atomic mass is 16.6. The molecule has 0 saturated heterocycles. The van der Waals surface area contributed by atoms with Gasteiger partial charge in [0.1, 0.15) is 13.2 Å². The molecule has 0 fully saturated rings. The van der Waals surface area contributed by atoms with Gasteiger partial charge in [0.25, 0.3) is 0 Å². The van der Waals surface area contributed by atoms with E-state index in [2.05, 4.69) is 93.7 Å². The number of allylic oxidation sites excluding steroid dienone is 12. The van der Waals surface area contributed by atoms with Crippen LogP contribution in [0.5, 0.6) is 0 Å². The molecule has 0 aromatic carbocycles. The maximum atomic E-state index is 12.8. The summed E-state index contributed by atoms with van der Waals surface area (Å²) in [5.41, 5.74) is 0. The van der Waals surface area contributed by atoms with Gasteiger partial charge in [0.2, 0.25) is 0 Å². The summed E-state index contributed by atoms with van der Waals surface area (Å²) in [4.78, 5) is 38.1. The first kappa shape index (κ1) is 62.8. The minimum absolute atomic E-state index is 0.0849. The van der Waals surface area contributed by atoms with Crippen molar-refractivity contribution >= 4 is 17.9 Å². The van der Waals surface area contributed by atoms with Crippen LogP contribution in [0.25, 0.3) is 0 Å². The van der Waals surface area contributed by atoms with Crippen LogP contribution < -0.4 is 0 Å². The average Bonchev–Trinajstić information content (AvgIpc) is 3.31. The van der Waals surface area contributed by atoms with Gasteiger partial charge >= 0.3 is 17.9 Å². The van der Waals surface area contributed by atoms with Gasteiger partial charge in [-0.3, -0.25) is 14.4 Å². The Bertz CT molecular complexity index is 1240. The number of rotatable bonds is 50. The van der Waals surface area contributed by atoms with Crippen LogP contribution in [-0.4, -0.2) is 37.2 Å². The molecule has 6 nitrogen and oxygen atoms in total. The largest absolute Gasteiger partial charge is 0.462 e. The highest BCUT2D eigenvalue weighted by molar-refractivity contribution is 5.71. The van der Waals surface area contributed by atoms with E-state index < -0.39 is 6.10 Å². The fourth-order valence-electron chi connectivity index (χ4n) is 7.76. The molecule has 0 spiro atoms. The van der Waals surface area contributed by atoms with E-state index in [0.29, 0.717) is 19.3 Å². The predicted octanol–water partition coefficient (Wildman–Crippen LogP) is 18.6. The van der Waals surface area contributed by atoms with E-state index in [4.69, 9.17) is 14.2 Å². The summed E-state index contributed by atoms with van der Waals surface area (Å²) >= 11 is 0. The normalized spacial score (nSPS) is 12.6. The van der Waals surface area contributed by atoms with Gasteiger partial charge in [-0.25, -0.2) is 0 Å². The molecular formula is C60H104O6. The first-order valence-corrected chi connectivity index (χ1v) is 27.9. The third kappa shape index (κ3) is 51.8. The van der Waals surface area contributed by atoms with Crippen LogP contribution in [0.1, 0.15) is 271 Å². The minimum atomic E-state index is -0.788. The standard InChI is InChI=1S/C60H104O6/c1-4-7-10-13-16-19-22-25-28-29-30-31-33-35-38-41-44-47-50-53-59(62)65-56-57(55-64-58(61)52-49-46-43-40-37-34-27-24-21-18-15-12-9-6-3)66-60(63)54-51-48-45-42-39-36-32-26-23-20-17-14-11-8-5-2/h8,11,16-17,19-20,25-26,28,30-32,57H,4-7,9-10,12-15,18,21-24,27,29,33-56H2,1-3H3/b11-8-,19-16-,20-17-,28-25-,31-30-,32-26-. The molecule has 0 aliphatic rings. The predicted molar refractivity (Wildman–Crippen MR) is 284 cm³/mol. The highest BCUT2D eigenvalue weighted by Crippen LogP contribution is 2.15. The Labute approximate surface area is 408 Å². The van der Waals surface area contributed by atoms with Gasteiger partial charge in [0, 0.05) is 19.3 Å². The SMILES string of the molecule is CC/C=C\C/C=C\C/C=C\CCCCCCCC(=O)OC(COC(=O)CCCCCCCC/C=C\C/C=C\C/C=C\CCCCC)COC(=O)CCCCCCCCCCCCCCCC. The van der Waals surface area contributed by atoms with Crippen LogP contribution in [0.2, 0.25) is 0 Å². The summed E-state index contributed by atoms with van der Waals surface area (Å²) in [6, 6.07) is 0. The first-order chi connectivity index (χ1) is 32.5. The van der Waals surface area contributed by atoms with Crippen molar-refractivity contribution in [2.45, 2.75) is 277 Å². The van der Waals surface area contributed by atoms with Gasteiger partial charge in [-0.05, 0) is 89.9 Å². The second-order valence-corrected chi connectivity index (χ2v) is 18.5. The van der Waals surface area contributed by atoms with Gasteiger partial charge < -0.3 is 14.2 Å². The van der Waals surface area contributed by atoms with Crippen molar-refractivity contribution in [2.24, 2.45) is 0 Å². The molecule has 0 aromatic heterocycles. The molecule has 6 heteroatoms. The van der Waals surface area contributed by atoms with E-state index in [1.807, 2.05) is 0 Å². The van der Waals surface area contributed by atoms with Gasteiger partial charge in [0.15, 0.2) is 6.10 Å². The number of carbonyl (C=O) groups excluding carboxylic acids is 3. The number of hydrogen-bond acceptors (Lipinski definition) is 6. The third-order valence-electron chi connectivity index (χ3n) is 11.9. The summed E-state index contributed by atoms with van der Waals surface area (Å²) in [6.07, 6.45) is 68.8. The minimum Gasteiger partial charge on any atom is -0.462 e. The van der Waals surface area contributed by atoms with E-state index in [1.54, 1.807) is 0 Å². The summed E-state index contributed by atoms with van der Waals surface area (Å²) in [5.74, 6) is -0.908. The Balaban J connectivity index is 4.41. The molecule has 1 atom stereocenters. The number of hydrogen-bond donors (Lipinski definition) is 0. The van der Waals surface area contributed by atoms with Crippen molar-refractivity contribution in [3.8, 4) is 0 Å². The number of ether oxygens (including phenoxy) is 3. The molecule has 0 aliphatic carbocycles. The molecule has 0 aromatic rings. The Morgan fingerprint density at radius 3 is 0.955 bits per heavy atom. The molecule has 0 amide bonds. The van der Waals surface area contributed by atoms with E-state index in [1.165, 1.54) is 116 Å². The van der Waals surface area contributed by atoms with Crippen molar-refractivity contribution in [3.63, 3.8) is 0 Å². The molecule has 1 unspecified atom stereocenters. The smallest absolute Gasteiger partial charge is 0.306 e. The van der Waals surface area contributed by atoms with E-state index in [0.717, 1.165) is 116 Å². The van der Waals surface area contributed by atoms with Gasteiger partial charge in [-0.15, -0.1) is 0 Å². The molecule has 0 heterocycles. The molecule has 0 bridgehead atoms. The maximum Gasteiger partial charge on any atom is 0.306 e. The van der Waals surface area contributed by atoms with E-state index in [-0.39, 0.29) is 31.1 Å². The molecule has 0 N–H and O–H groups in total. The zero-order valence-electron chi connectivity index (χ0n) is 43.4. The molecular weight excluding hydrogens is 817 g/mol. The van der Waals surface area contributed by atoms with Gasteiger partial charge in [0.05, 0.1) is 0 Å². The number of esters is 3. The number of unbranched alkanes of at least 4 members (excludes halogenated alkanes) is 27.